The Bertz CT molecular complexity index is 875. The van der Waals surface area contributed by atoms with Crippen molar-refractivity contribution in [3.63, 3.8) is 0 Å². The minimum atomic E-state index is -0.386. The van der Waals surface area contributed by atoms with Crippen LogP contribution in [0.25, 0.3) is 0 Å². The summed E-state index contributed by atoms with van der Waals surface area (Å²) in [4.78, 5) is 12.0. The van der Waals surface area contributed by atoms with Gasteiger partial charge in [0.15, 0.2) is 11.5 Å². The molecule has 28 heavy (non-hydrogen) atoms. The molecule has 0 heterocycles. The zero-order valence-electron chi connectivity index (χ0n) is 15.7. The smallest absolute Gasteiger partial charge is 0.343 e. The first kappa shape index (κ1) is 19.3. The highest BCUT2D eigenvalue weighted by atomic mass is 16.5. The first-order valence-corrected chi connectivity index (χ1v) is 9.02. The normalized spacial score (nSPS) is 10.2. The fourth-order valence-corrected chi connectivity index (χ4v) is 2.51. The third-order valence-electron chi connectivity index (χ3n) is 3.93. The van der Waals surface area contributed by atoms with Crippen molar-refractivity contribution in [1.82, 2.24) is 0 Å². The van der Waals surface area contributed by atoms with Gasteiger partial charge in [-0.15, -0.1) is 0 Å². The maximum absolute atomic E-state index is 12.0. The Kier molecular flexibility index (Phi) is 6.90. The van der Waals surface area contributed by atoms with Crippen LogP contribution in [0.3, 0.4) is 0 Å². The summed E-state index contributed by atoms with van der Waals surface area (Å²) in [5.74, 6) is 2.22. The first-order valence-electron chi connectivity index (χ1n) is 9.02. The second-order valence-electron chi connectivity index (χ2n) is 5.93. The van der Waals surface area contributed by atoms with Gasteiger partial charge < -0.3 is 18.9 Å². The molecular formula is C23H22O5. The molecule has 0 aliphatic rings. The molecule has 0 saturated heterocycles. The molecular weight excluding hydrogens is 356 g/mol. The third-order valence-corrected chi connectivity index (χ3v) is 3.93. The standard InChI is InChI=1S/C23H22O5/c1-25-21-10-5-6-11-22(21)27-17-7-16-26-19-12-14-20(15-13-19)28-23(24)18-8-3-2-4-9-18/h2-6,8-15H,7,16-17H2,1H3. The highest BCUT2D eigenvalue weighted by molar-refractivity contribution is 5.90. The lowest BCUT2D eigenvalue weighted by molar-refractivity contribution is 0.0734. The molecule has 3 rings (SSSR count). The summed E-state index contributed by atoms with van der Waals surface area (Å²) in [5.41, 5.74) is 0.512. The lowest BCUT2D eigenvalue weighted by Gasteiger charge is -2.11. The largest absolute Gasteiger partial charge is 0.493 e. The van der Waals surface area contributed by atoms with Crippen LogP contribution in [0.4, 0.5) is 0 Å². The van der Waals surface area contributed by atoms with Gasteiger partial charge in [0.05, 0.1) is 25.9 Å². The van der Waals surface area contributed by atoms with Crippen molar-refractivity contribution < 1.29 is 23.7 Å². The Morgan fingerprint density at radius 3 is 2.04 bits per heavy atom. The summed E-state index contributed by atoms with van der Waals surface area (Å²) in [6.07, 6.45) is 0.725. The Morgan fingerprint density at radius 2 is 1.32 bits per heavy atom. The molecule has 3 aromatic carbocycles. The lowest BCUT2D eigenvalue weighted by atomic mass is 10.2. The average molecular weight is 378 g/mol. The fraction of sp³-hybridized carbons (Fsp3) is 0.174. The summed E-state index contributed by atoms with van der Waals surface area (Å²) < 4.78 is 22.0. The molecule has 5 nitrogen and oxygen atoms in total. The lowest BCUT2D eigenvalue weighted by Crippen LogP contribution is -2.08. The number of rotatable bonds is 9. The second-order valence-corrected chi connectivity index (χ2v) is 5.93. The molecule has 0 spiro atoms. The van der Waals surface area contributed by atoms with E-state index in [1.165, 1.54) is 0 Å². The van der Waals surface area contributed by atoms with E-state index in [1.54, 1.807) is 55.6 Å². The summed E-state index contributed by atoms with van der Waals surface area (Å²) in [7, 11) is 1.62. The zero-order valence-corrected chi connectivity index (χ0v) is 15.7. The molecule has 0 radical (unpaired) electrons. The van der Waals surface area contributed by atoms with E-state index in [4.69, 9.17) is 18.9 Å². The van der Waals surface area contributed by atoms with Gasteiger partial charge in [0.2, 0.25) is 0 Å². The van der Waals surface area contributed by atoms with Crippen molar-refractivity contribution in [2.75, 3.05) is 20.3 Å². The van der Waals surface area contributed by atoms with E-state index in [0.29, 0.717) is 36.0 Å². The number of hydrogen-bond donors (Lipinski definition) is 0. The quantitative estimate of drug-likeness (QED) is 0.305. The van der Waals surface area contributed by atoms with E-state index in [2.05, 4.69) is 0 Å². The van der Waals surface area contributed by atoms with Crippen LogP contribution in [0.1, 0.15) is 16.8 Å². The average Bonchev–Trinajstić information content (AvgIpc) is 2.75. The van der Waals surface area contributed by atoms with Gasteiger partial charge in [-0.2, -0.15) is 0 Å². The van der Waals surface area contributed by atoms with Crippen LogP contribution in [0.2, 0.25) is 0 Å². The van der Waals surface area contributed by atoms with Gasteiger partial charge in [-0.25, -0.2) is 4.79 Å². The van der Waals surface area contributed by atoms with E-state index in [0.717, 1.165) is 12.2 Å². The topological polar surface area (TPSA) is 54.0 Å². The number of carbonyl (C=O) groups excluding carboxylic acids is 1. The van der Waals surface area contributed by atoms with Crippen LogP contribution >= 0.6 is 0 Å². The van der Waals surface area contributed by atoms with E-state index in [1.807, 2.05) is 30.3 Å². The maximum Gasteiger partial charge on any atom is 0.343 e. The molecule has 0 saturated carbocycles. The van der Waals surface area contributed by atoms with Crippen LogP contribution in [0.5, 0.6) is 23.0 Å². The van der Waals surface area contributed by atoms with Crippen LogP contribution in [0, 0.1) is 0 Å². The van der Waals surface area contributed by atoms with Gasteiger partial charge in [-0.05, 0) is 48.5 Å². The Labute approximate surface area is 164 Å². The van der Waals surface area contributed by atoms with Gasteiger partial charge in [-0.3, -0.25) is 0 Å². The minimum absolute atomic E-state index is 0.386. The van der Waals surface area contributed by atoms with Crippen molar-refractivity contribution in [2.24, 2.45) is 0 Å². The van der Waals surface area contributed by atoms with Crippen molar-refractivity contribution in [3.8, 4) is 23.0 Å². The van der Waals surface area contributed by atoms with E-state index in [-0.39, 0.29) is 5.97 Å². The number of para-hydroxylation sites is 2. The van der Waals surface area contributed by atoms with Gasteiger partial charge in [0.25, 0.3) is 0 Å². The van der Waals surface area contributed by atoms with E-state index in [9.17, 15) is 4.79 Å². The van der Waals surface area contributed by atoms with Crippen molar-refractivity contribution in [2.45, 2.75) is 6.42 Å². The van der Waals surface area contributed by atoms with Crippen LogP contribution in [-0.4, -0.2) is 26.3 Å². The molecule has 0 amide bonds. The van der Waals surface area contributed by atoms with Crippen molar-refractivity contribution in [3.05, 3.63) is 84.4 Å². The fourth-order valence-electron chi connectivity index (χ4n) is 2.51. The number of benzene rings is 3. The first-order chi connectivity index (χ1) is 13.8. The molecule has 0 aromatic heterocycles. The van der Waals surface area contributed by atoms with Crippen molar-refractivity contribution in [1.29, 1.82) is 0 Å². The molecule has 0 unspecified atom stereocenters. The predicted molar refractivity (Wildman–Crippen MR) is 106 cm³/mol. The Hall–Kier alpha value is -3.47. The second kappa shape index (κ2) is 10.0. The summed E-state index contributed by atoms with van der Waals surface area (Å²) in [6.45, 7) is 1.03. The predicted octanol–water partition coefficient (Wildman–Crippen LogP) is 4.76. The molecule has 3 aromatic rings. The van der Waals surface area contributed by atoms with Crippen LogP contribution in [0.15, 0.2) is 78.9 Å². The van der Waals surface area contributed by atoms with E-state index < -0.39 is 0 Å². The zero-order chi connectivity index (χ0) is 19.6. The molecule has 5 heteroatoms. The summed E-state index contributed by atoms with van der Waals surface area (Å²) in [6, 6.07) is 23.4. The third kappa shape index (κ3) is 5.51. The highest BCUT2D eigenvalue weighted by Crippen LogP contribution is 2.25. The van der Waals surface area contributed by atoms with E-state index >= 15 is 0 Å². The number of carbonyl (C=O) groups is 1. The molecule has 0 aliphatic heterocycles. The Morgan fingerprint density at radius 1 is 0.714 bits per heavy atom. The van der Waals surface area contributed by atoms with Gasteiger partial charge >= 0.3 is 5.97 Å². The molecule has 0 bridgehead atoms. The summed E-state index contributed by atoms with van der Waals surface area (Å²) in [5, 5.41) is 0. The molecule has 0 atom stereocenters. The SMILES string of the molecule is COc1ccccc1OCCCOc1ccc(OC(=O)c2ccccc2)cc1. The minimum Gasteiger partial charge on any atom is -0.493 e. The monoisotopic (exact) mass is 378 g/mol. The van der Waals surface area contributed by atoms with Crippen molar-refractivity contribution >= 4 is 5.97 Å². The molecule has 0 N–H and O–H groups in total. The number of esters is 1. The highest BCUT2D eigenvalue weighted by Gasteiger charge is 2.07. The molecule has 144 valence electrons. The number of methoxy groups -OCH3 is 1. The van der Waals surface area contributed by atoms with Crippen LogP contribution < -0.4 is 18.9 Å². The maximum atomic E-state index is 12.0. The Balaban J connectivity index is 1.40. The number of ether oxygens (including phenoxy) is 4. The molecule has 0 fully saturated rings. The number of hydrogen-bond acceptors (Lipinski definition) is 5. The summed E-state index contributed by atoms with van der Waals surface area (Å²) >= 11 is 0. The molecule has 0 aliphatic carbocycles. The van der Waals surface area contributed by atoms with Gasteiger partial charge in [0, 0.05) is 6.42 Å². The van der Waals surface area contributed by atoms with Crippen LogP contribution in [-0.2, 0) is 0 Å². The van der Waals surface area contributed by atoms with Gasteiger partial charge in [-0.1, -0.05) is 30.3 Å². The van der Waals surface area contributed by atoms with Gasteiger partial charge in [0.1, 0.15) is 11.5 Å².